The minimum atomic E-state index is -4.64. The van der Waals surface area contributed by atoms with Crippen molar-refractivity contribution < 1.29 is 59.4 Å². The first-order valence-corrected chi connectivity index (χ1v) is 10.5. The number of aliphatic carboxylic acids is 1. The van der Waals surface area contributed by atoms with E-state index in [1.165, 1.54) is 0 Å². The van der Waals surface area contributed by atoms with Crippen molar-refractivity contribution in [3.8, 4) is 16.9 Å². The van der Waals surface area contributed by atoms with E-state index in [9.17, 15) is 54.6 Å². The van der Waals surface area contributed by atoms with E-state index in [0.717, 1.165) is 4.90 Å². The number of ether oxygens (including phenoxy) is 1. The number of carboxylic acid groups (broad SMARTS) is 1. The molecule has 0 unspecified atom stereocenters. The van der Waals surface area contributed by atoms with E-state index < -0.39 is 93.9 Å². The first kappa shape index (κ1) is 26.2. The highest BCUT2D eigenvalue weighted by atomic mass is 19.3. The van der Waals surface area contributed by atoms with Crippen LogP contribution in [0.25, 0.3) is 11.1 Å². The first-order chi connectivity index (χ1) is 17.3. The van der Waals surface area contributed by atoms with Crippen LogP contribution in [0.1, 0.15) is 19.3 Å². The van der Waals surface area contributed by atoms with Crippen molar-refractivity contribution in [2.24, 2.45) is 0 Å². The Morgan fingerprint density at radius 1 is 0.973 bits per heavy atom. The Balaban J connectivity index is 1.83. The number of rotatable bonds is 4. The summed E-state index contributed by atoms with van der Waals surface area (Å²) in [7, 11) is 0. The van der Waals surface area contributed by atoms with E-state index in [4.69, 9.17) is 0 Å². The molecular formula is C22H14F8N2O5. The Labute approximate surface area is 201 Å². The fraction of sp³-hybridized carbons (Fsp3) is 0.318. The van der Waals surface area contributed by atoms with Gasteiger partial charge in [-0.25, -0.2) is 31.1 Å². The SMILES string of the molecule is O=C(O)[C@@H]1CCCCN1C(=O)CN1C(=O)C(F)(F)Oc2cc(F)c(-c3c(F)c(F)c(F)c(F)c3F)cc21. The van der Waals surface area contributed by atoms with Crippen molar-refractivity contribution in [3.05, 3.63) is 47.0 Å². The molecule has 2 aromatic carbocycles. The number of amides is 2. The average molecular weight is 538 g/mol. The quantitative estimate of drug-likeness (QED) is 0.362. The number of hydrogen-bond donors (Lipinski definition) is 1. The van der Waals surface area contributed by atoms with E-state index in [1.54, 1.807) is 0 Å². The van der Waals surface area contributed by atoms with Gasteiger partial charge in [-0.15, -0.1) is 0 Å². The lowest BCUT2D eigenvalue weighted by molar-refractivity contribution is -0.193. The number of anilines is 1. The summed E-state index contributed by atoms with van der Waals surface area (Å²) in [6.07, 6.45) is -3.78. The van der Waals surface area contributed by atoms with Crippen LogP contribution in [0.5, 0.6) is 5.75 Å². The molecule has 0 saturated carbocycles. The highest BCUT2D eigenvalue weighted by molar-refractivity contribution is 6.05. The molecule has 37 heavy (non-hydrogen) atoms. The minimum Gasteiger partial charge on any atom is -0.480 e. The van der Waals surface area contributed by atoms with Gasteiger partial charge < -0.3 is 14.7 Å². The molecule has 2 aliphatic rings. The number of fused-ring (bicyclic) bond motifs is 1. The van der Waals surface area contributed by atoms with Gasteiger partial charge in [-0.2, -0.15) is 8.78 Å². The topological polar surface area (TPSA) is 87.2 Å². The van der Waals surface area contributed by atoms with Crippen molar-refractivity contribution in [1.29, 1.82) is 0 Å². The van der Waals surface area contributed by atoms with Gasteiger partial charge in [0.1, 0.15) is 18.4 Å². The molecule has 1 fully saturated rings. The van der Waals surface area contributed by atoms with Gasteiger partial charge >= 0.3 is 18.0 Å². The normalized spacial score (nSPS) is 18.9. The molecule has 198 valence electrons. The Bertz CT molecular complexity index is 1310. The van der Waals surface area contributed by atoms with Crippen molar-refractivity contribution in [2.75, 3.05) is 18.0 Å². The molecule has 1 saturated heterocycles. The summed E-state index contributed by atoms with van der Waals surface area (Å²) >= 11 is 0. The predicted molar refractivity (Wildman–Crippen MR) is 107 cm³/mol. The molecule has 0 radical (unpaired) electrons. The van der Waals surface area contributed by atoms with Gasteiger partial charge in [0.05, 0.1) is 11.3 Å². The third-order valence-electron chi connectivity index (χ3n) is 5.95. The van der Waals surface area contributed by atoms with Crippen LogP contribution in [0.15, 0.2) is 12.1 Å². The summed E-state index contributed by atoms with van der Waals surface area (Å²) in [6.45, 7) is -1.31. The highest BCUT2D eigenvalue weighted by Crippen LogP contribution is 2.44. The Kier molecular flexibility index (Phi) is 6.50. The maximum atomic E-state index is 14.7. The summed E-state index contributed by atoms with van der Waals surface area (Å²) in [4.78, 5) is 37.7. The number of carboxylic acids is 1. The van der Waals surface area contributed by atoms with Crippen LogP contribution in [0.3, 0.4) is 0 Å². The van der Waals surface area contributed by atoms with Gasteiger partial charge in [0, 0.05) is 18.2 Å². The van der Waals surface area contributed by atoms with Crippen LogP contribution in [0, 0.1) is 34.9 Å². The average Bonchev–Trinajstić information content (AvgIpc) is 2.84. The second-order valence-electron chi connectivity index (χ2n) is 8.19. The molecular weight excluding hydrogens is 524 g/mol. The lowest BCUT2D eigenvalue weighted by Gasteiger charge is -2.37. The molecule has 0 bridgehead atoms. The van der Waals surface area contributed by atoms with Crippen LogP contribution in [0.2, 0.25) is 0 Å². The number of carbonyl (C=O) groups excluding carboxylic acids is 2. The smallest absolute Gasteiger partial charge is 0.480 e. The van der Waals surface area contributed by atoms with Gasteiger partial charge in [-0.1, -0.05) is 0 Å². The molecule has 0 aromatic heterocycles. The molecule has 4 rings (SSSR count). The fourth-order valence-corrected chi connectivity index (χ4v) is 4.19. The molecule has 2 amide bonds. The zero-order chi connectivity index (χ0) is 27.4. The maximum Gasteiger partial charge on any atom is 0.482 e. The monoisotopic (exact) mass is 538 g/mol. The number of benzene rings is 2. The van der Waals surface area contributed by atoms with Crippen LogP contribution in [0.4, 0.5) is 40.8 Å². The van der Waals surface area contributed by atoms with E-state index in [2.05, 4.69) is 4.74 Å². The molecule has 2 aromatic rings. The number of hydrogen-bond acceptors (Lipinski definition) is 4. The zero-order valence-corrected chi connectivity index (χ0v) is 18.3. The van der Waals surface area contributed by atoms with E-state index >= 15 is 0 Å². The van der Waals surface area contributed by atoms with Gasteiger partial charge in [0.25, 0.3) is 0 Å². The molecule has 1 N–H and O–H groups in total. The minimum absolute atomic E-state index is 0.0421. The molecule has 0 aliphatic carbocycles. The van der Waals surface area contributed by atoms with Crippen molar-refractivity contribution in [3.63, 3.8) is 0 Å². The second kappa shape index (κ2) is 9.19. The summed E-state index contributed by atoms with van der Waals surface area (Å²) < 4.78 is 117. The van der Waals surface area contributed by atoms with Gasteiger partial charge in [-0.05, 0) is 25.3 Å². The zero-order valence-electron chi connectivity index (χ0n) is 18.3. The number of piperidine rings is 1. The number of carbonyl (C=O) groups is 3. The lowest BCUT2D eigenvalue weighted by atomic mass is 10.00. The standard InChI is InChI=1S/C22H14F8N2O5/c23-9-6-12-11(5-8(9)14-15(24)17(26)19(28)18(27)16(14)25)32(21(36)22(29,30)37-12)7-13(33)31-4-2-1-3-10(31)20(34)35/h5-6,10H,1-4,7H2,(H,34,35)/t10-/m0/s1. The van der Waals surface area contributed by atoms with Crippen molar-refractivity contribution >= 4 is 23.5 Å². The summed E-state index contributed by atoms with van der Waals surface area (Å²) in [5, 5.41) is 9.35. The Hall–Kier alpha value is -3.91. The fourth-order valence-electron chi connectivity index (χ4n) is 4.19. The van der Waals surface area contributed by atoms with Gasteiger partial charge in [0.2, 0.25) is 11.7 Å². The first-order valence-electron chi connectivity index (χ1n) is 10.5. The third kappa shape index (κ3) is 4.31. The predicted octanol–water partition coefficient (Wildman–Crippen LogP) is 3.97. The summed E-state index contributed by atoms with van der Waals surface area (Å²) in [5.74, 6) is -19.7. The molecule has 15 heteroatoms. The molecule has 7 nitrogen and oxygen atoms in total. The summed E-state index contributed by atoms with van der Waals surface area (Å²) in [5.41, 5.74) is -3.92. The molecule has 1 atom stereocenters. The van der Waals surface area contributed by atoms with Gasteiger partial charge in [0.15, 0.2) is 29.0 Å². The maximum absolute atomic E-state index is 14.7. The molecule has 2 heterocycles. The molecule has 2 aliphatic heterocycles. The van der Waals surface area contributed by atoms with Crippen LogP contribution < -0.4 is 9.64 Å². The lowest BCUT2D eigenvalue weighted by Crippen LogP contribution is -2.56. The Morgan fingerprint density at radius 2 is 1.57 bits per heavy atom. The number of nitrogens with zero attached hydrogens (tertiary/aromatic N) is 2. The second-order valence-corrected chi connectivity index (χ2v) is 8.19. The third-order valence-corrected chi connectivity index (χ3v) is 5.95. The van der Waals surface area contributed by atoms with Crippen molar-refractivity contribution in [1.82, 2.24) is 4.90 Å². The van der Waals surface area contributed by atoms with E-state index in [0.29, 0.717) is 18.9 Å². The molecule has 0 spiro atoms. The van der Waals surface area contributed by atoms with Crippen LogP contribution in [-0.2, 0) is 14.4 Å². The van der Waals surface area contributed by atoms with Crippen LogP contribution >= 0.6 is 0 Å². The number of halogens is 8. The van der Waals surface area contributed by atoms with Crippen molar-refractivity contribution in [2.45, 2.75) is 31.4 Å². The van der Waals surface area contributed by atoms with Crippen LogP contribution in [-0.4, -0.2) is 53.0 Å². The highest BCUT2D eigenvalue weighted by Gasteiger charge is 2.52. The number of alkyl halides is 2. The number of likely N-dealkylation sites (tertiary alicyclic amines) is 1. The summed E-state index contributed by atoms with van der Waals surface area (Å²) in [6, 6.07) is -0.884. The van der Waals surface area contributed by atoms with E-state index in [-0.39, 0.29) is 23.9 Å². The van der Waals surface area contributed by atoms with Gasteiger partial charge in [-0.3, -0.25) is 14.5 Å². The van der Waals surface area contributed by atoms with E-state index in [1.807, 2.05) is 0 Å². The Morgan fingerprint density at radius 3 is 2.16 bits per heavy atom. The largest absolute Gasteiger partial charge is 0.482 e.